The van der Waals surface area contributed by atoms with Crippen LogP contribution in [0.3, 0.4) is 0 Å². The summed E-state index contributed by atoms with van der Waals surface area (Å²) in [5.74, 6) is 2.05. The van der Waals surface area contributed by atoms with Crippen molar-refractivity contribution in [2.24, 2.45) is 17.8 Å². The van der Waals surface area contributed by atoms with E-state index in [1.807, 2.05) is 0 Å². The predicted octanol–water partition coefficient (Wildman–Crippen LogP) is 3.85. The Labute approximate surface area is 101 Å². The van der Waals surface area contributed by atoms with Gasteiger partial charge in [-0.05, 0) is 24.7 Å². The molecular formula is C14H28O2. The molecule has 1 rings (SSSR count). The molecule has 0 aliphatic carbocycles. The van der Waals surface area contributed by atoms with E-state index in [0.717, 1.165) is 18.8 Å². The molecule has 1 aliphatic rings. The molecule has 96 valence electrons. The van der Waals surface area contributed by atoms with Crippen LogP contribution in [0.4, 0.5) is 0 Å². The average Bonchev–Trinajstić information content (AvgIpc) is 2.35. The van der Waals surface area contributed by atoms with Crippen LogP contribution in [0.2, 0.25) is 0 Å². The predicted molar refractivity (Wildman–Crippen MR) is 67.3 cm³/mol. The van der Waals surface area contributed by atoms with Crippen LogP contribution in [0.5, 0.6) is 0 Å². The van der Waals surface area contributed by atoms with Crippen molar-refractivity contribution in [3.63, 3.8) is 0 Å². The first-order valence-electron chi connectivity index (χ1n) is 6.91. The van der Waals surface area contributed by atoms with Crippen LogP contribution in [0.1, 0.15) is 53.4 Å². The van der Waals surface area contributed by atoms with Gasteiger partial charge in [0, 0.05) is 13.0 Å². The zero-order valence-electron chi connectivity index (χ0n) is 11.5. The van der Waals surface area contributed by atoms with E-state index in [1.165, 1.54) is 12.8 Å². The second-order valence-electron chi connectivity index (χ2n) is 4.90. The molecule has 0 radical (unpaired) electrons. The number of ether oxygens (including phenoxy) is 2. The van der Waals surface area contributed by atoms with Crippen molar-refractivity contribution in [3.8, 4) is 0 Å². The number of hydrogen-bond donors (Lipinski definition) is 0. The lowest BCUT2D eigenvalue weighted by atomic mass is 9.71. The first-order valence-corrected chi connectivity index (χ1v) is 6.91. The fourth-order valence-corrected chi connectivity index (χ4v) is 3.46. The molecule has 2 nitrogen and oxygen atoms in total. The van der Waals surface area contributed by atoms with Gasteiger partial charge in [-0.1, -0.05) is 40.5 Å². The molecule has 0 amide bonds. The van der Waals surface area contributed by atoms with Crippen molar-refractivity contribution in [1.29, 1.82) is 0 Å². The molecule has 1 fully saturated rings. The van der Waals surface area contributed by atoms with Crippen LogP contribution < -0.4 is 0 Å². The summed E-state index contributed by atoms with van der Waals surface area (Å²) in [6.45, 7) is 9.07. The van der Waals surface area contributed by atoms with Crippen molar-refractivity contribution >= 4 is 0 Å². The number of hydrogen-bond acceptors (Lipinski definition) is 2. The average molecular weight is 228 g/mol. The molecule has 2 heteroatoms. The summed E-state index contributed by atoms with van der Waals surface area (Å²) in [4.78, 5) is 0. The maximum Gasteiger partial charge on any atom is 0.160 e. The fourth-order valence-electron chi connectivity index (χ4n) is 3.46. The van der Waals surface area contributed by atoms with E-state index in [-0.39, 0.29) is 6.29 Å². The summed E-state index contributed by atoms with van der Waals surface area (Å²) >= 11 is 0. The van der Waals surface area contributed by atoms with Gasteiger partial charge in [-0.3, -0.25) is 0 Å². The van der Waals surface area contributed by atoms with Crippen LogP contribution in [-0.2, 0) is 9.47 Å². The molecule has 3 unspecified atom stereocenters. The van der Waals surface area contributed by atoms with Gasteiger partial charge in [-0.15, -0.1) is 0 Å². The Morgan fingerprint density at radius 2 is 1.38 bits per heavy atom. The maximum atomic E-state index is 6.10. The topological polar surface area (TPSA) is 18.5 Å². The third-order valence-corrected chi connectivity index (χ3v) is 4.28. The third-order valence-electron chi connectivity index (χ3n) is 4.28. The van der Waals surface area contributed by atoms with Crippen molar-refractivity contribution in [2.45, 2.75) is 65.8 Å². The number of methoxy groups -OCH3 is 1. The molecule has 0 bridgehead atoms. The lowest BCUT2D eigenvalue weighted by Gasteiger charge is -2.46. The monoisotopic (exact) mass is 228 g/mol. The van der Waals surface area contributed by atoms with E-state index in [4.69, 9.17) is 9.47 Å². The van der Waals surface area contributed by atoms with Crippen molar-refractivity contribution < 1.29 is 9.47 Å². The summed E-state index contributed by atoms with van der Waals surface area (Å²) in [6, 6.07) is 0. The van der Waals surface area contributed by atoms with Crippen molar-refractivity contribution in [1.82, 2.24) is 0 Å². The molecule has 1 heterocycles. The summed E-state index contributed by atoms with van der Waals surface area (Å²) in [5, 5.41) is 0. The molecule has 0 aromatic heterocycles. The molecule has 1 aliphatic heterocycles. The van der Waals surface area contributed by atoms with Gasteiger partial charge < -0.3 is 9.47 Å². The van der Waals surface area contributed by atoms with Gasteiger partial charge in [0.2, 0.25) is 0 Å². The van der Waals surface area contributed by atoms with Gasteiger partial charge in [-0.25, -0.2) is 0 Å². The largest absolute Gasteiger partial charge is 0.356 e. The summed E-state index contributed by atoms with van der Waals surface area (Å²) in [5.41, 5.74) is 0. The standard InChI is InChI=1S/C14H28O2/c1-6-10-11(7-2)13(9-4)16-14(15-5)12(10)8-3/h10-14H,6-9H2,1-5H3/t10?,11-,12?,13?,14+/m0/s1. The quantitative estimate of drug-likeness (QED) is 0.711. The molecule has 0 N–H and O–H groups in total. The highest BCUT2D eigenvalue weighted by Crippen LogP contribution is 2.41. The first kappa shape index (κ1) is 14.0. The third kappa shape index (κ3) is 2.60. The molecular weight excluding hydrogens is 200 g/mol. The summed E-state index contributed by atoms with van der Waals surface area (Å²) in [6.07, 6.45) is 5.14. The Kier molecular flexibility index (Phi) is 5.77. The number of rotatable bonds is 5. The molecule has 0 aromatic rings. The first-order chi connectivity index (χ1) is 7.73. The summed E-state index contributed by atoms with van der Waals surface area (Å²) in [7, 11) is 1.78. The SMILES string of the molecule is CCC1C(CC)[C@H](CC)C(CC)O[C@H]1OC. The second-order valence-corrected chi connectivity index (χ2v) is 4.90. The van der Waals surface area contributed by atoms with E-state index < -0.39 is 0 Å². The highest BCUT2D eigenvalue weighted by Gasteiger charge is 2.42. The Balaban J connectivity index is 2.85. The Morgan fingerprint density at radius 1 is 0.812 bits per heavy atom. The smallest absolute Gasteiger partial charge is 0.160 e. The van der Waals surface area contributed by atoms with Gasteiger partial charge in [0.25, 0.3) is 0 Å². The van der Waals surface area contributed by atoms with Crippen LogP contribution in [0.25, 0.3) is 0 Å². The lowest BCUT2D eigenvalue weighted by Crippen LogP contribution is -2.47. The second kappa shape index (κ2) is 6.61. The minimum absolute atomic E-state index is 0.0164. The maximum absolute atomic E-state index is 6.10. The van der Waals surface area contributed by atoms with Gasteiger partial charge in [0.05, 0.1) is 6.10 Å². The molecule has 0 aromatic carbocycles. The highest BCUT2D eigenvalue weighted by molar-refractivity contribution is 4.86. The lowest BCUT2D eigenvalue weighted by molar-refractivity contribution is -0.247. The Morgan fingerprint density at radius 3 is 1.75 bits per heavy atom. The zero-order valence-corrected chi connectivity index (χ0v) is 11.5. The van der Waals surface area contributed by atoms with Crippen LogP contribution in [0.15, 0.2) is 0 Å². The minimum Gasteiger partial charge on any atom is -0.356 e. The van der Waals surface area contributed by atoms with E-state index in [0.29, 0.717) is 17.9 Å². The van der Waals surface area contributed by atoms with E-state index in [1.54, 1.807) is 7.11 Å². The molecule has 5 atom stereocenters. The van der Waals surface area contributed by atoms with Gasteiger partial charge in [0.1, 0.15) is 0 Å². The van der Waals surface area contributed by atoms with Gasteiger partial charge in [-0.2, -0.15) is 0 Å². The molecule has 1 saturated heterocycles. The minimum atomic E-state index is 0.0164. The van der Waals surface area contributed by atoms with Crippen LogP contribution in [-0.4, -0.2) is 19.5 Å². The van der Waals surface area contributed by atoms with Gasteiger partial charge in [0.15, 0.2) is 6.29 Å². The molecule has 16 heavy (non-hydrogen) atoms. The van der Waals surface area contributed by atoms with Crippen LogP contribution in [0, 0.1) is 17.8 Å². The van der Waals surface area contributed by atoms with Crippen molar-refractivity contribution in [2.75, 3.05) is 7.11 Å². The van der Waals surface area contributed by atoms with Crippen molar-refractivity contribution in [3.05, 3.63) is 0 Å². The normalized spacial score (nSPS) is 39.9. The highest BCUT2D eigenvalue weighted by atomic mass is 16.7. The Hall–Kier alpha value is -0.0800. The van der Waals surface area contributed by atoms with E-state index in [9.17, 15) is 0 Å². The van der Waals surface area contributed by atoms with Gasteiger partial charge >= 0.3 is 0 Å². The summed E-state index contributed by atoms with van der Waals surface area (Å²) < 4.78 is 11.6. The van der Waals surface area contributed by atoms with E-state index in [2.05, 4.69) is 27.7 Å². The molecule has 0 saturated carbocycles. The van der Waals surface area contributed by atoms with E-state index >= 15 is 0 Å². The fraction of sp³-hybridized carbons (Fsp3) is 1.00. The molecule has 0 spiro atoms. The van der Waals surface area contributed by atoms with Crippen LogP contribution >= 0.6 is 0 Å². The zero-order chi connectivity index (χ0) is 12.1. The Bertz CT molecular complexity index is 175.